The molecule has 6 rings (SSSR count). The number of hydrogen-bond acceptors (Lipinski definition) is 0. The van der Waals surface area contributed by atoms with Crippen LogP contribution in [0.1, 0.15) is 70.2 Å². The Morgan fingerprint density at radius 1 is 0.650 bits per heavy atom. The first-order valence-electron chi connectivity index (χ1n) is 14.6. The van der Waals surface area contributed by atoms with Crippen molar-refractivity contribution in [2.45, 2.75) is 65.2 Å². The molecule has 0 atom stereocenters. The molecule has 0 heterocycles. The SMILES string of the molecule is CC(C)(C)c1ccc2c(c1)-c1cc(C(C)(C)C)c[c]([Zr]([C]3=CC=CC3)=[Si](c3ccccc3)c3ccccc3)c1C2. The molecule has 40 heavy (non-hydrogen) atoms. The molecule has 0 saturated carbocycles. The van der Waals surface area contributed by atoms with E-state index in [1.807, 2.05) is 0 Å². The first-order chi connectivity index (χ1) is 19.1. The van der Waals surface area contributed by atoms with Gasteiger partial charge in [0.2, 0.25) is 0 Å². The molecule has 0 aliphatic heterocycles. The fraction of sp³-hybridized carbons (Fsp3) is 0.263. The van der Waals surface area contributed by atoms with Crippen molar-refractivity contribution in [2.24, 2.45) is 0 Å². The summed E-state index contributed by atoms with van der Waals surface area (Å²) < 4.78 is 3.50. The van der Waals surface area contributed by atoms with Crippen molar-refractivity contribution in [3.63, 3.8) is 0 Å². The molecule has 4 aromatic carbocycles. The van der Waals surface area contributed by atoms with E-state index < -0.39 is 25.8 Å². The second kappa shape index (κ2) is 10.7. The Morgan fingerprint density at radius 3 is 1.80 bits per heavy atom. The van der Waals surface area contributed by atoms with Gasteiger partial charge in [-0.1, -0.05) is 0 Å². The zero-order chi connectivity index (χ0) is 28.1. The van der Waals surface area contributed by atoms with E-state index in [1.165, 1.54) is 27.8 Å². The van der Waals surface area contributed by atoms with Gasteiger partial charge in [0, 0.05) is 0 Å². The summed E-state index contributed by atoms with van der Waals surface area (Å²) in [5, 5.41) is 3.14. The van der Waals surface area contributed by atoms with Gasteiger partial charge in [-0.15, -0.1) is 0 Å². The summed E-state index contributed by atoms with van der Waals surface area (Å²) >= 11 is -2.46. The molecule has 0 saturated heterocycles. The molecule has 4 aromatic rings. The molecule has 0 N–H and O–H groups in total. The normalized spacial score (nSPS) is 14.1. The van der Waals surface area contributed by atoms with E-state index in [0.717, 1.165) is 12.8 Å². The van der Waals surface area contributed by atoms with E-state index in [9.17, 15) is 0 Å². The minimum atomic E-state index is -2.46. The summed E-state index contributed by atoms with van der Waals surface area (Å²) in [6.45, 7) is 14.2. The molecule has 0 amide bonds. The zero-order valence-electron chi connectivity index (χ0n) is 24.8. The number of rotatable bonds is 4. The Kier molecular flexibility index (Phi) is 7.39. The van der Waals surface area contributed by atoms with E-state index in [1.54, 1.807) is 22.5 Å². The van der Waals surface area contributed by atoms with Crippen LogP contribution in [0.5, 0.6) is 0 Å². The Bertz CT molecular complexity index is 1630. The van der Waals surface area contributed by atoms with Gasteiger partial charge in [-0.2, -0.15) is 0 Å². The molecule has 200 valence electrons. The molecule has 0 unspecified atom stereocenters. The fourth-order valence-corrected chi connectivity index (χ4v) is 26.5. The van der Waals surface area contributed by atoms with Crippen LogP contribution in [-0.4, -0.2) is 5.43 Å². The Balaban J connectivity index is 1.72. The summed E-state index contributed by atoms with van der Waals surface area (Å²) in [4.78, 5) is 0. The van der Waals surface area contributed by atoms with E-state index in [4.69, 9.17) is 0 Å². The number of allylic oxidation sites excluding steroid dienone is 4. The molecule has 0 radical (unpaired) electrons. The van der Waals surface area contributed by atoms with E-state index in [-0.39, 0.29) is 10.8 Å². The van der Waals surface area contributed by atoms with Crippen LogP contribution in [0, 0.1) is 0 Å². The Morgan fingerprint density at radius 2 is 1.25 bits per heavy atom. The number of hydrogen-bond donors (Lipinski definition) is 0. The zero-order valence-corrected chi connectivity index (χ0v) is 28.3. The van der Waals surface area contributed by atoms with Crippen LogP contribution in [0.4, 0.5) is 0 Å². The summed E-state index contributed by atoms with van der Waals surface area (Å²) in [5.41, 5.74) is 8.29. The van der Waals surface area contributed by atoms with Gasteiger partial charge >= 0.3 is 251 Å². The molecule has 2 heteroatoms. The van der Waals surface area contributed by atoms with Gasteiger partial charge < -0.3 is 0 Å². The molecular weight excluding hydrogens is 576 g/mol. The van der Waals surface area contributed by atoms with Crippen LogP contribution in [-0.2, 0) is 37.6 Å². The molecule has 0 fully saturated rings. The van der Waals surface area contributed by atoms with Gasteiger partial charge in [0.25, 0.3) is 0 Å². The van der Waals surface area contributed by atoms with E-state index in [2.05, 4.69) is 151 Å². The predicted octanol–water partition coefficient (Wildman–Crippen LogP) is 7.75. The van der Waals surface area contributed by atoms with Gasteiger partial charge in [-0.05, 0) is 0 Å². The van der Waals surface area contributed by atoms with Crippen LogP contribution < -0.4 is 13.6 Å². The summed E-state index contributed by atoms with van der Waals surface area (Å²) in [6, 6.07) is 35.6. The Labute approximate surface area is 249 Å². The summed E-state index contributed by atoms with van der Waals surface area (Å²) in [5.74, 6) is 0. The van der Waals surface area contributed by atoms with Gasteiger partial charge in [0.15, 0.2) is 0 Å². The van der Waals surface area contributed by atoms with Crippen LogP contribution >= 0.6 is 0 Å². The van der Waals surface area contributed by atoms with Crippen molar-refractivity contribution >= 4 is 19.1 Å². The van der Waals surface area contributed by atoms with Gasteiger partial charge in [-0.3, -0.25) is 0 Å². The van der Waals surface area contributed by atoms with Gasteiger partial charge in [0.05, 0.1) is 0 Å². The maximum atomic E-state index is 2.68. The van der Waals surface area contributed by atoms with Crippen LogP contribution in [0.3, 0.4) is 0 Å². The average Bonchev–Trinajstić information content (AvgIpc) is 3.59. The molecule has 2 aliphatic carbocycles. The van der Waals surface area contributed by atoms with Crippen molar-refractivity contribution in [3.8, 4) is 11.1 Å². The minimum absolute atomic E-state index is 0.0944. The Hall–Kier alpha value is -2.54. The van der Waals surface area contributed by atoms with Crippen LogP contribution in [0.2, 0.25) is 0 Å². The van der Waals surface area contributed by atoms with Crippen molar-refractivity contribution < 1.29 is 20.4 Å². The second-order valence-electron chi connectivity index (χ2n) is 13.4. The number of benzene rings is 4. The van der Waals surface area contributed by atoms with Crippen LogP contribution in [0.25, 0.3) is 11.1 Å². The molecule has 0 spiro atoms. The van der Waals surface area contributed by atoms with Crippen molar-refractivity contribution in [2.75, 3.05) is 0 Å². The van der Waals surface area contributed by atoms with Crippen molar-refractivity contribution in [3.05, 3.63) is 135 Å². The third kappa shape index (κ3) is 5.26. The van der Waals surface area contributed by atoms with Crippen molar-refractivity contribution in [1.82, 2.24) is 0 Å². The molecule has 0 bridgehead atoms. The maximum absolute atomic E-state index is 2.68. The quantitative estimate of drug-likeness (QED) is 0.181. The van der Waals surface area contributed by atoms with Gasteiger partial charge in [-0.25, -0.2) is 0 Å². The monoisotopic (exact) mass is 614 g/mol. The number of fused-ring (bicyclic) bond motifs is 3. The topological polar surface area (TPSA) is 0 Å². The summed E-state index contributed by atoms with van der Waals surface area (Å²) in [7, 11) is 0. The standard InChI is InChI=1S/C21H25.C12H10Si.C5H5.Zr/c1-20(2,3)16-9-7-14-11-15-8-10-17(21(4,5)6)13-19(15)18(14)12-16;1-3-7-11(8-4-1)13-12-9-5-2-6-10-12;1-2-4-5-3-1;/h7,9-10,12-13H,11H2,1-6H3;1-10H;1-3H,4H2;. The van der Waals surface area contributed by atoms with Crippen molar-refractivity contribution in [1.29, 1.82) is 0 Å². The molecular formula is C38H40SiZr. The van der Waals surface area contributed by atoms with Gasteiger partial charge in [0.1, 0.15) is 0 Å². The summed E-state index contributed by atoms with van der Waals surface area (Å²) in [6.07, 6.45) is 9.41. The fourth-order valence-electron chi connectivity index (χ4n) is 6.16. The van der Waals surface area contributed by atoms with E-state index >= 15 is 0 Å². The second-order valence-corrected chi connectivity index (χ2v) is 26.7. The third-order valence-electron chi connectivity index (χ3n) is 8.49. The molecule has 0 nitrogen and oxygen atoms in total. The third-order valence-corrected chi connectivity index (χ3v) is 27.2. The molecule has 0 aromatic heterocycles. The first kappa shape index (κ1) is 27.6. The first-order valence-corrected chi connectivity index (χ1v) is 22.3. The van der Waals surface area contributed by atoms with Crippen LogP contribution in [0.15, 0.2) is 113 Å². The van der Waals surface area contributed by atoms with E-state index in [0.29, 0.717) is 0 Å². The average molecular weight is 616 g/mol. The predicted molar refractivity (Wildman–Crippen MR) is 171 cm³/mol. The molecule has 2 aliphatic rings.